The molecule has 0 aliphatic carbocycles. The lowest BCUT2D eigenvalue weighted by molar-refractivity contribution is -0.138. The molecule has 0 aliphatic rings. The molecular weight excluding hydrogens is 531 g/mol. The van der Waals surface area contributed by atoms with Crippen LogP contribution in [0.2, 0.25) is 0 Å². The van der Waals surface area contributed by atoms with E-state index in [9.17, 15) is 22.8 Å². The predicted octanol–water partition coefficient (Wildman–Crippen LogP) is 8.06. The van der Waals surface area contributed by atoms with Crippen LogP contribution in [0, 0.1) is 0 Å². The van der Waals surface area contributed by atoms with Crippen LogP contribution in [0.3, 0.4) is 0 Å². The highest BCUT2D eigenvalue weighted by Gasteiger charge is 2.31. The summed E-state index contributed by atoms with van der Waals surface area (Å²) in [5.74, 6) is -0.806. The number of hydrogen-bond acceptors (Lipinski definition) is 3. The van der Waals surface area contributed by atoms with Gasteiger partial charge in [-0.2, -0.15) is 13.2 Å². The second-order valence-electron chi connectivity index (χ2n) is 9.83. The van der Waals surface area contributed by atoms with Crippen molar-refractivity contribution in [1.82, 2.24) is 5.32 Å². The topological polar surface area (TPSA) is 75.6 Å². The average molecular weight is 564 g/mol. The summed E-state index contributed by atoms with van der Waals surface area (Å²) < 4.78 is 45.9. The number of fused-ring (bicyclic) bond motifs is 1. The Kier molecular flexibility index (Phi) is 9.32. The summed E-state index contributed by atoms with van der Waals surface area (Å²) >= 11 is 0. The van der Waals surface area contributed by atoms with E-state index in [1.807, 2.05) is 42.5 Å². The molecule has 0 fully saturated rings. The molecule has 214 valence electrons. The van der Waals surface area contributed by atoms with E-state index in [0.717, 1.165) is 46.9 Å². The fraction of sp³-hybridized carbons (Fsp3) is 0.273. The highest BCUT2D eigenvalue weighted by molar-refractivity contribution is 5.94. The molecule has 0 radical (unpaired) electrons. The van der Waals surface area contributed by atoms with Crippen molar-refractivity contribution in [1.29, 1.82) is 0 Å². The van der Waals surface area contributed by atoms with E-state index in [1.54, 1.807) is 19.1 Å². The molecule has 0 bridgehead atoms. The summed E-state index contributed by atoms with van der Waals surface area (Å²) in [5.41, 5.74) is 2.92. The van der Waals surface area contributed by atoms with Crippen molar-refractivity contribution in [2.45, 2.75) is 45.2 Å². The van der Waals surface area contributed by atoms with Crippen molar-refractivity contribution in [2.24, 2.45) is 0 Å². The van der Waals surface area contributed by atoms with Crippen molar-refractivity contribution in [3.8, 4) is 16.9 Å². The first kappa shape index (κ1) is 29.6. The minimum Gasteiger partial charge on any atom is -0.493 e. The number of nitrogens with one attached hydrogen (secondary N) is 1. The Labute approximate surface area is 237 Å². The number of amides is 1. The second kappa shape index (κ2) is 12.9. The summed E-state index contributed by atoms with van der Waals surface area (Å²) in [7, 11) is 0. The van der Waals surface area contributed by atoms with E-state index < -0.39 is 17.7 Å². The van der Waals surface area contributed by atoms with E-state index in [0.29, 0.717) is 29.0 Å². The summed E-state index contributed by atoms with van der Waals surface area (Å²) in [6.07, 6.45) is -2.77. The van der Waals surface area contributed by atoms with Crippen LogP contribution in [0.15, 0.2) is 78.9 Å². The van der Waals surface area contributed by atoms with Crippen LogP contribution in [0.25, 0.3) is 21.9 Å². The number of rotatable bonds is 11. The van der Waals surface area contributed by atoms with Gasteiger partial charge >= 0.3 is 12.1 Å². The molecule has 4 aromatic rings. The maximum absolute atomic E-state index is 13.4. The van der Waals surface area contributed by atoms with Gasteiger partial charge in [0.15, 0.2) is 0 Å². The van der Waals surface area contributed by atoms with Gasteiger partial charge in [0.1, 0.15) is 5.75 Å². The Morgan fingerprint density at radius 1 is 0.878 bits per heavy atom. The molecule has 0 saturated carbocycles. The molecule has 2 N–H and O–H groups in total. The van der Waals surface area contributed by atoms with Crippen molar-refractivity contribution >= 4 is 22.6 Å². The first-order valence-electron chi connectivity index (χ1n) is 13.6. The zero-order valence-electron chi connectivity index (χ0n) is 22.9. The summed E-state index contributed by atoms with van der Waals surface area (Å²) in [6.45, 7) is 4.30. The average Bonchev–Trinajstić information content (AvgIpc) is 2.95. The van der Waals surface area contributed by atoms with Gasteiger partial charge in [0.2, 0.25) is 0 Å². The Balaban J connectivity index is 1.62. The summed E-state index contributed by atoms with van der Waals surface area (Å²) in [6, 6.07) is 22.6. The number of halogens is 3. The lowest BCUT2D eigenvalue weighted by Crippen LogP contribution is -2.25. The fourth-order valence-electron chi connectivity index (χ4n) is 4.93. The maximum atomic E-state index is 13.4. The van der Waals surface area contributed by atoms with E-state index in [4.69, 9.17) is 9.84 Å². The van der Waals surface area contributed by atoms with Crippen LogP contribution in [0.1, 0.15) is 66.1 Å². The first-order chi connectivity index (χ1) is 19.6. The summed E-state index contributed by atoms with van der Waals surface area (Å²) in [4.78, 5) is 23.0. The standard InChI is InChI=1S/C33H32F3NO4/c1-3-5-28(21-6-8-22(9-7-21)32(40)37-17-16-31(38)39)25-12-10-24-19-26(13-11-23(24)18-25)29-20-27(33(34,35)36)14-15-30(29)41-4-2/h6-15,18-20,28H,3-5,16-17H2,1-2H3,(H,37,40)(H,38,39). The largest absolute Gasteiger partial charge is 0.493 e. The number of alkyl halides is 3. The fourth-order valence-corrected chi connectivity index (χ4v) is 4.93. The number of carbonyl (C=O) groups excluding carboxylic acids is 1. The van der Waals surface area contributed by atoms with Gasteiger partial charge in [-0.3, -0.25) is 9.59 Å². The van der Waals surface area contributed by atoms with Crippen LogP contribution in [0.4, 0.5) is 13.2 Å². The van der Waals surface area contributed by atoms with Gasteiger partial charge in [-0.25, -0.2) is 0 Å². The SMILES string of the molecule is CCCC(c1ccc(C(=O)NCCC(=O)O)cc1)c1ccc2cc(-c3cc(C(F)(F)F)ccc3OCC)ccc2c1. The van der Waals surface area contributed by atoms with Crippen molar-refractivity contribution in [3.05, 3.63) is 101 Å². The third-order valence-corrected chi connectivity index (χ3v) is 6.96. The molecule has 0 aromatic heterocycles. The van der Waals surface area contributed by atoms with Crippen molar-refractivity contribution < 1.29 is 32.6 Å². The minimum atomic E-state index is -4.46. The molecule has 1 atom stereocenters. The number of carboxylic acid groups (broad SMARTS) is 1. The van der Waals surface area contributed by atoms with Crippen LogP contribution in [0.5, 0.6) is 5.75 Å². The molecule has 4 rings (SSSR count). The first-order valence-corrected chi connectivity index (χ1v) is 13.6. The molecular formula is C33H32F3NO4. The highest BCUT2D eigenvalue weighted by atomic mass is 19.4. The van der Waals surface area contributed by atoms with Crippen LogP contribution >= 0.6 is 0 Å². The van der Waals surface area contributed by atoms with E-state index in [1.165, 1.54) is 6.07 Å². The summed E-state index contributed by atoms with van der Waals surface area (Å²) in [5, 5.41) is 13.2. The quantitative estimate of drug-likeness (QED) is 0.194. The molecule has 0 heterocycles. The van der Waals surface area contributed by atoms with Gasteiger partial charge < -0.3 is 15.2 Å². The molecule has 8 heteroatoms. The monoisotopic (exact) mass is 563 g/mol. The number of aliphatic carboxylic acids is 1. The number of benzene rings is 4. The molecule has 41 heavy (non-hydrogen) atoms. The van der Waals surface area contributed by atoms with Gasteiger partial charge in [0.25, 0.3) is 5.91 Å². The van der Waals surface area contributed by atoms with Gasteiger partial charge in [-0.05, 0) is 77.2 Å². The smallest absolute Gasteiger partial charge is 0.416 e. The highest BCUT2D eigenvalue weighted by Crippen LogP contribution is 2.39. The van der Waals surface area contributed by atoms with Crippen LogP contribution in [-0.4, -0.2) is 30.1 Å². The number of hydrogen-bond donors (Lipinski definition) is 2. The molecule has 5 nitrogen and oxygen atoms in total. The van der Waals surface area contributed by atoms with Gasteiger partial charge in [0, 0.05) is 23.6 Å². The zero-order chi connectivity index (χ0) is 29.6. The van der Waals surface area contributed by atoms with Gasteiger partial charge in [-0.15, -0.1) is 0 Å². The van der Waals surface area contributed by atoms with Gasteiger partial charge in [0.05, 0.1) is 18.6 Å². The molecule has 0 spiro atoms. The van der Waals surface area contributed by atoms with Crippen LogP contribution in [-0.2, 0) is 11.0 Å². The van der Waals surface area contributed by atoms with Gasteiger partial charge in [-0.1, -0.05) is 55.8 Å². The lowest BCUT2D eigenvalue weighted by atomic mass is 9.86. The van der Waals surface area contributed by atoms with E-state index >= 15 is 0 Å². The molecule has 0 aliphatic heterocycles. The Morgan fingerprint density at radius 3 is 2.22 bits per heavy atom. The third-order valence-electron chi connectivity index (χ3n) is 6.96. The Bertz CT molecular complexity index is 1530. The molecule has 4 aromatic carbocycles. The zero-order valence-corrected chi connectivity index (χ0v) is 22.9. The second-order valence-corrected chi connectivity index (χ2v) is 9.83. The van der Waals surface area contributed by atoms with E-state index in [-0.39, 0.29) is 24.8 Å². The number of carboxylic acids is 1. The normalized spacial score (nSPS) is 12.2. The van der Waals surface area contributed by atoms with Crippen molar-refractivity contribution in [3.63, 3.8) is 0 Å². The number of carbonyl (C=O) groups is 2. The Morgan fingerprint density at radius 2 is 1.56 bits per heavy atom. The maximum Gasteiger partial charge on any atom is 0.416 e. The molecule has 0 saturated heterocycles. The molecule has 1 amide bonds. The predicted molar refractivity (Wildman–Crippen MR) is 153 cm³/mol. The number of ether oxygens (including phenoxy) is 1. The van der Waals surface area contributed by atoms with Crippen molar-refractivity contribution in [2.75, 3.05) is 13.2 Å². The Hall–Kier alpha value is -4.33. The lowest BCUT2D eigenvalue weighted by Gasteiger charge is -2.19. The minimum absolute atomic E-state index is 0.0634. The van der Waals surface area contributed by atoms with E-state index in [2.05, 4.69) is 18.3 Å². The third kappa shape index (κ3) is 7.25. The molecule has 1 unspecified atom stereocenters. The van der Waals surface area contributed by atoms with Crippen LogP contribution < -0.4 is 10.1 Å².